The number of aromatic nitrogens is 2. The van der Waals surface area contributed by atoms with Gasteiger partial charge in [0.1, 0.15) is 6.54 Å². The van der Waals surface area contributed by atoms with Crippen molar-refractivity contribution in [3.8, 4) is 0 Å². The first-order valence-corrected chi connectivity index (χ1v) is 14.8. The van der Waals surface area contributed by atoms with Crippen LogP contribution in [0.15, 0.2) is 94.9 Å². The highest BCUT2D eigenvalue weighted by atomic mass is 35.5. The van der Waals surface area contributed by atoms with E-state index in [2.05, 4.69) is 20.0 Å². The average Bonchev–Trinajstić information content (AvgIpc) is 2.88. The van der Waals surface area contributed by atoms with Crippen molar-refractivity contribution in [1.82, 2.24) is 9.97 Å². The normalized spacial score (nSPS) is 11.6. The van der Waals surface area contributed by atoms with Crippen molar-refractivity contribution in [2.45, 2.75) is 23.6 Å². The molecule has 10 nitrogen and oxygen atoms in total. The van der Waals surface area contributed by atoms with Gasteiger partial charge in [-0.05, 0) is 80.6 Å². The molecule has 0 saturated carbocycles. The minimum atomic E-state index is -4.10. The van der Waals surface area contributed by atoms with Crippen molar-refractivity contribution < 1.29 is 21.6 Å². The van der Waals surface area contributed by atoms with Crippen LogP contribution in [0.1, 0.15) is 11.3 Å². The molecular formula is C26H24ClN5O5S2. The number of hydrogen-bond acceptors (Lipinski definition) is 7. The molecule has 0 spiro atoms. The van der Waals surface area contributed by atoms with Gasteiger partial charge < -0.3 is 5.32 Å². The lowest BCUT2D eigenvalue weighted by molar-refractivity contribution is -0.114. The van der Waals surface area contributed by atoms with Gasteiger partial charge in [0.05, 0.1) is 15.5 Å². The van der Waals surface area contributed by atoms with Crippen LogP contribution in [0.2, 0.25) is 5.02 Å². The molecule has 0 fully saturated rings. The van der Waals surface area contributed by atoms with Crippen LogP contribution >= 0.6 is 11.6 Å². The number of halogens is 1. The maximum absolute atomic E-state index is 13.5. The van der Waals surface area contributed by atoms with Crippen molar-refractivity contribution >= 4 is 54.9 Å². The first-order valence-electron chi connectivity index (χ1n) is 11.5. The van der Waals surface area contributed by atoms with Crippen molar-refractivity contribution in [2.24, 2.45) is 0 Å². The number of nitrogens with zero attached hydrogens (tertiary/aromatic N) is 3. The van der Waals surface area contributed by atoms with Crippen LogP contribution in [0.5, 0.6) is 0 Å². The van der Waals surface area contributed by atoms with Crippen LogP contribution in [-0.2, 0) is 24.8 Å². The van der Waals surface area contributed by atoms with E-state index in [1.807, 2.05) is 6.92 Å². The van der Waals surface area contributed by atoms with Gasteiger partial charge in [0.2, 0.25) is 11.9 Å². The van der Waals surface area contributed by atoms with Crippen LogP contribution in [0, 0.1) is 13.8 Å². The van der Waals surface area contributed by atoms with Crippen LogP contribution in [0.3, 0.4) is 0 Å². The van der Waals surface area contributed by atoms with Gasteiger partial charge in [0.15, 0.2) is 0 Å². The Morgan fingerprint density at radius 3 is 2.08 bits per heavy atom. The maximum Gasteiger partial charge on any atom is 0.264 e. The van der Waals surface area contributed by atoms with Crippen LogP contribution in [0.4, 0.5) is 17.3 Å². The number of amides is 1. The summed E-state index contributed by atoms with van der Waals surface area (Å²) in [7, 11) is -8.07. The molecule has 0 atom stereocenters. The molecule has 0 aliphatic rings. The van der Waals surface area contributed by atoms with Crippen molar-refractivity contribution in [3.63, 3.8) is 0 Å². The SMILES string of the molecule is Cc1ccc(S(=O)(=O)N(CC(=O)Nc2ccc(S(=O)(=O)Nc3nccc(C)n3)cc2)c2ccc(Cl)cc2)cc1. The lowest BCUT2D eigenvalue weighted by Gasteiger charge is -2.24. The molecule has 0 radical (unpaired) electrons. The molecule has 2 N–H and O–H groups in total. The molecule has 4 rings (SSSR count). The third-order valence-electron chi connectivity index (χ3n) is 5.48. The third-order valence-corrected chi connectivity index (χ3v) is 8.86. The van der Waals surface area contributed by atoms with E-state index in [0.29, 0.717) is 10.7 Å². The Balaban J connectivity index is 1.52. The summed E-state index contributed by atoms with van der Waals surface area (Å²) in [5, 5.41) is 3.02. The predicted octanol–water partition coefficient (Wildman–Crippen LogP) is 4.38. The number of aryl methyl sites for hydroxylation is 2. The number of nitrogens with one attached hydrogen (secondary N) is 2. The molecule has 1 amide bonds. The molecule has 39 heavy (non-hydrogen) atoms. The smallest absolute Gasteiger partial charge is 0.264 e. The van der Waals surface area contributed by atoms with E-state index in [-0.39, 0.29) is 27.1 Å². The second kappa shape index (κ2) is 11.4. The maximum atomic E-state index is 13.5. The Hall–Kier alpha value is -4.00. The van der Waals surface area contributed by atoms with E-state index in [4.69, 9.17) is 11.6 Å². The highest BCUT2D eigenvalue weighted by molar-refractivity contribution is 7.93. The molecule has 0 bridgehead atoms. The largest absolute Gasteiger partial charge is 0.325 e. The summed E-state index contributed by atoms with van der Waals surface area (Å²) in [6.07, 6.45) is 1.44. The van der Waals surface area contributed by atoms with Crippen molar-refractivity contribution in [2.75, 3.05) is 20.9 Å². The minimum absolute atomic E-state index is 0.0236. The van der Waals surface area contributed by atoms with Crippen LogP contribution in [0.25, 0.3) is 0 Å². The highest BCUT2D eigenvalue weighted by Gasteiger charge is 2.27. The van der Waals surface area contributed by atoms with Crippen molar-refractivity contribution in [1.29, 1.82) is 0 Å². The summed E-state index contributed by atoms with van der Waals surface area (Å²) >= 11 is 5.97. The zero-order valence-corrected chi connectivity index (χ0v) is 23.3. The van der Waals surface area contributed by atoms with E-state index >= 15 is 0 Å². The van der Waals surface area contributed by atoms with Gasteiger partial charge in [-0.2, -0.15) is 0 Å². The van der Waals surface area contributed by atoms with Gasteiger partial charge in [-0.3, -0.25) is 9.10 Å². The topological polar surface area (TPSA) is 138 Å². The Morgan fingerprint density at radius 1 is 0.846 bits per heavy atom. The van der Waals surface area contributed by atoms with Gasteiger partial charge >= 0.3 is 0 Å². The average molecular weight is 586 g/mol. The summed E-state index contributed by atoms with van der Waals surface area (Å²) in [5.74, 6) is -0.702. The van der Waals surface area contributed by atoms with Gasteiger partial charge in [-0.15, -0.1) is 0 Å². The molecular weight excluding hydrogens is 562 g/mol. The van der Waals surface area contributed by atoms with E-state index in [9.17, 15) is 21.6 Å². The van der Waals surface area contributed by atoms with E-state index in [0.717, 1.165) is 9.87 Å². The summed E-state index contributed by atoms with van der Waals surface area (Å²) in [5.41, 5.74) is 2.00. The lowest BCUT2D eigenvalue weighted by atomic mass is 10.2. The van der Waals surface area contributed by atoms with Crippen LogP contribution < -0.4 is 14.3 Å². The van der Waals surface area contributed by atoms with Gasteiger partial charge in [-0.1, -0.05) is 29.3 Å². The molecule has 0 saturated heterocycles. The second-order valence-corrected chi connectivity index (χ2v) is 12.5. The fourth-order valence-corrected chi connectivity index (χ4v) is 5.98. The van der Waals surface area contributed by atoms with E-state index in [1.54, 1.807) is 25.1 Å². The number of hydrogen-bond donors (Lipinski definition) is 2. The zero-order chi connectivity index (χ0) is 28.2. The molecule has 13 heteroatoms. The lowest BCUT2D eigenvalue weighted by Crippen LogP contribution is -2.38. The van der Waals surface area contributed by atoms with E-state index < -0.39 is 32.5 Å². The Morgan fingerprint density at radius 2 is 1.46 bits per heavy atom. The molecule has 3 aromatic carbocycles. The Kier molecular flexibility index (Phi) is 8.19. The number of carbonyl (C=O) groups is 1. The Bertz CT molecular complexity index is 1700. The third kappa shape index (κ3) is 6.91. The minimum Gasteiger partial charge on any atom is -0.325 e. The monoisotopic (exact) mass is 585 g/mol. The molecule has 4 aromatic rings. The second-order valence-electron chi connectivity index (χ2n) is 8.50. The van der Waals surface area contributed by atoms with Crippen molar-refractivity contribution in [3.05, 3.63) is 101 Å². The first-order chi connectivity index (χ1) is 18.4. The number of sulfonamides is 2. The molecule has 1 aromatic heterocycles. The van der Waals surface area contributed by atoms with Gasteiger partial charge in [0, 0.05) is 22.6 Å². The molecule has 202 valence electrons. The predicted molar refractivity (Wildman–Crippen MR) is 150 cm³/mol. The molecule has 1 heterocycles. The molecule has 0 aliphatic heterocycles. The molecule has 0 aliphatic carbocycles. The number of benzene rings is 3. The quantitative estimate of drug-likeness (QED) is 0.297. The summed E-state index contributed by atoms with van der Waals surface area (Å²) in [6.45, 7) is 3.00. The standard InChI is InChI=1S/C26H24ClN5O5S2/c1-18-3-11-24(12-4-18)39(36,37)32(22-9-5-20(27)6-10-22)17-25(33)30-21-7-13-23(14-8-21)38(34,35)31-26-28-16-15-19(2)29-26/h3-16H,17H2,1-2H3,(H,30,33)(H,28,29,31). The number of rotatable bonds is 9. The number of carbonyl (C=O) groups excluding carboxylic acids is 1. The first kappa shape index (κ1) is 28.0. The number of anilines is 3. The highest BCUT2D eigenvalue weighted by Crippen LogP contribution is 2.26. The van der Waals surface area contributed by atoms with Crippen LogP contribution in [-0.4, -0.2) is 39.3 Å². The van der Waals surface area contributed by atoms with E-state index in [1.165, 1.54) is 66.9 Å². The summed E-state index contributed by atoms with van der Waals surface area (Å²) in [6, 6.07) is 19.4. The van der Waals surface area contributed by atoms with Gasteiger partial charge in [0.25, 0.3) is 20.0 Å². The summed E-state index contributed by atoms with van der Waals surface area (Å²) in [4.78, 5) is 20.8. The Labute approximate surface area is 231 Å². The van der Waals surface area contributed by atoms with Gasteiger partial charge in [-0.25, -0.2) is 31.5 Å². The fourth-order valence-electron chi connectivity index (χ4n) is 3.49. The fraction of sp³-hybridized carbons (Fsp3) is 0.115. The summed E-state index contributed by atoms with van der Waals surface area (Å²) < 4.78 is 55.6. The zero-order valence-electron chi connectivity index (χ0n) is 20.9. The molecule has 0 unspecified atom stereocenters.